The van der Waals surface area contributed by atoms with Gasteiger partial charge >= 0.3 is 39.5 Å². The van der Waals surface area contributed by atoms with Crippen molar-refractivity contribution < 1.29 is 80.2 Å². The first-order valence-corrected chi connectivity index (χ1v) is 43.8. The van der Waals surface area contributed by atoms with Gasteiger partial charge in [-0.25, -0.2) is 9.13 Å². The lowest BCUT2D eigenvalue weighted by atomic mass is 10.1. The van der Waals surface area contributed by atoms with Crippen LogP contribution in [0, 0.1) is 0 Å². The molecule has 0 rings (SSSR count). The molecule has 0 aliphatic rings. The Morgan fingerprint density at radius 1 is 0.269 bits per heavy atom. The van der Waals surface area contributed by atoms with Gasteiger partial charge in [0.05, 0.1) is 26.4 Å². The van der Waals surface area contributed by atoms with E-state index >= 15 is 0 Å². The zero-order chi connectivity index (χ0) is 76.0. The number of phosphoric ester groups is 2. The third-order valence-electron chi connectivity index (χ3n) is 16.9. The van der Waals surface area contributed by atoms with Crippen LogP contribution in [0.15, 0.2) is 122 Å². The zero-order valence-electron chi connectivity index (χ0n) is 65.4. The topological polar surface area (TPSA) is 237 Å². The number of rotatable bonds is 76. The summed E-state index contributed by atoms with van der Waals surface area (Å²) in [6.07, 6.45) is 84.6. The lowest BCUT2D eigenvalue weighted by Gasteiger charge is -2.21. The van der Waals surface area contributed by atoms with Crippen LogP contribution in [0.2, 0.25) is 0 Å². The van der Waals surface area contributed by atoms with Crippen molar-refractivity contribution in [3.8, 4) is 0 Å². The van der Waals surface area contributed by atoms with Crippen molar-refractivity contribution in [1.82, 2.24) is 0 Å². The standard InChI is InChI=1S/C85H146O17P2/c1-5-9-13-17-21-25-29-33-37-39-43-46-50-54-58-62-66-70-83(88)96-76-81(102-85(90)72-68-64-60-56-52-48-44-40-38-34-30-26-22-18-14-10-6-2)78-100-104(93,94)98-74-79(86)73-97-103(91,92)99-77-80(101-84(89)71-67-63-59-55-51-47-42-36-32-28-24-20-16-12-8-4)75-95-82(87)69-65-61-57-53-49-45-41-35-31-27-23-19-15-11-7-3/h22-24,26-28,33-38,41-44,46,48,54,58,79-81,86H,5-21,25,29-32,39-40,45,47,49-53,55-57,59-78H2,1-4H3,(H,91,92)(H,93,94)/t79?,80-,81-/m1/s1. The normalized spacial score (nSPS) is 14.5. The van der Waals surface area contributed by atoms with Crippen LogP contribution in [-0.2, 0) is 65.4 Å². The van der Waals surface area contributed by atoms with Gasteiger partial charge in [0, 0.05) is 25.7 Å². The molecule has 0 saturated carbocycles. The van der Waals surface area contributed by atoms with E-state index in [9.17, 15) is 43.2 Å². The van der Waals surface area contributed by atoms with Crippen LogP contribution < -0.4 is 0 Å². The lowest BCUT2D eigenvalue weighted by molar-refractivity contribution is -0.161. The first-order chi connectivity index (χ1) is 50.7. The monoisotopic (exact) mass is 1500 g/mol. The summed E-state index contributed by atoms with van der Waals surface area (Å²) < 4.78 is 68.6. The van der Waals surface area contributed by atoms with Gasteiger partial charge in [-0.3, -0.25) is 37.3 Å². The van der Waals surface area contributed by atoms with E-state index < -0.39 is 97.5 Å². The average Bonchev–Trinajstić information content (AvgIpc) is 1.04. The summed E-state index contributed by atoms with van der Waals surface area (Å²) in [7, 11) is -9.99. The second-order valence-corrected chi connectivity index (χ2v) is 29.9. The van der Waals surface area contributed by atoms with Crippen molar-refractivity contribution in [2.24, 2.45) is 0 Å². The molecule has 104 heavy (non-hydrogen) atoms. The fourth-order valence-corrected chi connectivity index (χ4v) is 12.2. The summed E-state index contributed by atoms with van der Waals surface area (Å²) in [5, 5.41) is 10.6. The molecule has 0 bridgehead atoms. The Morgan fingerprint density at radius 2 is 0.481 bits per heavy atom. The van der Waals surface area contributed by atoms with Gasteiger partial charge in [-0.1, -0.05) is 271 Å². The van der Waals surface area contributed by atoms with Gasteiger partial charge < -0.3 is 33.8 Å². The molecule has 0 aromatic carbocycles. The molecule has 0 spiro atoms. The number of aliphatic hydroxyl groups is 1. The minimum absolute atomic E-state index is 0.0565. The number of hydrogen-bond acceptors (Lipinski definition) is 15. The number of ether oxygens (including phenoxy) is 4. The maximum atomic E-state index is 13.1. The van der Waals surface area contributed by atoms with E-state index in [2.05, 4.69) is 137 Å². The van der Waals surface area contributed by atoms with E-state index in [0.717, 1.165) is 154 Å². The molecule has 0 radical (unpaired) electrons. The number of carbonyl (C=O) groups is 4. The van der Waals surface area contributed by atoms with Gasteiger partial charge in [-0.2, -0.15) is 0 Å². The summed E-state index contributed by atoms with van der Waals surface area (Å²) in [5.41, 5.74) is 0. The number of unbranched alkanes of at least 4 members (excludes halogenated alkanes) is 30. The maximum Gasteiger partial charge on any atom is 0.472 e. The first kappa shape index (κ1) is 99.5. The Kier molecular flexibility index (Phi) is 73.3. The number of phosphoric acid groups is 2. The zero-order valence-corrected chi connectivity index (χ0v) is 67.2. The van der Waals surface area contributed by atoms with Gasteiger partial charge in [-0.15, -0.1) is 0 Å². The third kappa shape index (κ3) is 75.7. The van der Waals surface area contributed by atoms with Gasteiger partial charge in [0.1, 0.15) is 19.3 Å². The predicted octanol–water partition coefficient (Wildman–Crippen LogP) is 23.9. The van der Waals surface area contributed by atoms with Gasteiger partial charge in [0.15, 0.2) is 12.2 Å². The number of esters is 4. The van der Waals surface area contributed by atoms with Gasteiger partial charge in [-0.05, 0) is 161 Å². The van der Waals surface area contributed by atoms with E-state index in [4.69, 9.17) is 37.0 Å². The number of aliphatic hydroxyl groups excluding tert-OH is 1. The highest BCUT2D eigenvalue weighted by atomic mass is 31.2. The molecule has 0 aliphatic carbocycles. The van der Waals surface area contributed by atoms with Crippen LogP contribution in [0.25, 0.3) is 0 Å². The maximum absolute atomic E-state index is 13.1. The highest BCUT2D eigenvalue weighted by molar-refractivity contribution is 7.47. The van der Waals surface area contributed by atoms with Crippen molar-refractivity contribution in [2.45, 2.75) is 354 Å². The van der Waals surface area contributed by atoms with E-state index in [1.807, 2.05) is 12.2 Å². The fraction of sp³-hybridized carbons (Fsp3) is 0.718. The lowest BCUT2D eigenvalue weighted by Crippen LogP contribution is -2.30. The molecule has 5 atom stereocenters. The highest BCUT2D eigenvalue weighted by Crippen LogP contribution is 2.45. The molecule has 0 saturated heterocycles. The van der Waals surface area contributed by atoms with Crippen molar-refractivity contribution in [3.05, 3.63) is 122 Å². The Bertz CT molecular complexity index is 2440. The number of allylic oxidation sites excluding steroid dienone is 20. The molecule has 0 amide bonds. The van der Waals surface area contributed by atoms with Crippen LogP contribution >= 0.6 is 15.6 Å². The summed E-state index contributed by atoms with van der Waals surface area (Å²) in [6, 6.07) is 0. The quantitative estimate of drug-likeness (QED) is 0.0169. The van der Waals surface area contributed by atoms with Crippen LogP contribution in [0.4, 0.5) is 0 Å². The SMILES string of the molecule is CCCCCC=CCC=CCC=CCCCCCCC(=O)O[C@H](COC(=O)CCCC=CCC=CCC=CCCCCCCCC)COP(=O)(O)OCC(O)COP(=O)(O)OC[C@@H](COC(=O)CCCCCCCC=CCC=CCCCCC)OC(=O)CCCCCCCC=CCC=CCCCCC. The Labute approximate surface area is 632 Å². The largest absolute Gasteiger partial charge is 0.472 e. The Balaban J connectivity index is 5.46. The molecule has 17 nitrogen and oxygen atoms in total. The Morgan fingerprint density at radius 3 is 0.779 bits per heavy atom. The molecular formula is C85H146O17P2. The molecule has 19 heteroatoms. The number of carbonyl (C=O) groups excluding carboxylic acids is 4. The first-order valence-electron chi connectivity index (χ1n) is 40.8. The van der Waals surface area contributed by atoms with E-state index in [1.54, 1.807) is 0 Å². The van der Waals surface area contributed by atoms with Crippen molar-refractivity contribution in [2.75, 3.05) is 39.6 Å². The number of hydrogen-bond donors (Lipinski definition) is 3. The summed E-state index contributed by atoms with van der Waals surface area (Å²) >= 11 is 0. The summed E-state index contributed by atoms with van der Waals surface area (Å²) in [4.78, 5) is 73.0. The summed E-state index contributed by atoms with van der Waals surface area (Å²) in [5.74, 6) is -2.29. The molecule has 0 aromatic rings. The van der Waals surface area contributed by atoms with Crippen LogP contribution in [0.5, 0.6) is 0 Å². The predicted molar refractivity (Wildman–Crippen MR) is 427 cm³/mol. The van der Waals surface area contributed by atoms with Crippen molar-refractivity contribution >= 4 is 39.5 Å². The minimum atomic E-state index is -5.00. The van der Waals surface area contributed by atoms with Crippen LogP contribution in [0.3, 0.4) is 0 Å². The second-order valence-electron chi connectivity index (χ2n) is 27.0. The molecule has 0 aliphatic heterocycles. The molecular weight excluding hydrogens is 1350 g/mol. The summed E-state index contributed by atoms with van der Waals surface area (Å²) in [6.45, 7) is 4.70. The minimum Gasteiger partial charge on any atom is -0.462 e. The van der Waals surface area contributed by atoms with E-state index in [0.29, 0.717) is 32.1 Å². The highest BCUT2D eigenvalue weighted by Gasteiger charge is 2.30. The van der Waals surface area contributed by atoms with Gasteiger partial charge in [0.2, 0.25) is 0 Å². The fourth-order valence-electron chi connectivity index (χ4n) is 10.6. The van der Waals surface area contributed by atoms with Crippen molar-refractivity contribution in [1.29, 1.82) is 0 Å². The van der Waals surface area contributed by atoms with Crippen LogP contribution in [-0.4, -0.2) is 96.7 Å². The van der Waals surface area contributed by atoms with Crippen molar-refractivity contribution in [3.63, 3.8) is 0 Å². The average molecular weight is 1500 g/mol. The van der Waals surface area contributed by atoms with Gasteiger partial charge in [0.25, 0.3) is 0 Å². The molecule has 598 valence electrons. The second kappa shape index (κ2) is 76.6. The molecule has 0 heterocycles. The molecule has 3 N–H and O–H groups in total. The molecule has 0 fully saturated rings. The third-order valence-corrected chi connectivity index (χ3v) is 18.8. The molecule has 3 unspecified atom stereocenters. The van der Waals surface area contributed by atoms with Crippen LogP contribution in [0.1, 0.15) is 336 Å². The Hall–Kier alpha value is -4.54. The van der Waals surface area contributed by atoms with E-state index in [-0.39, 0.29) is 25.7 Å². The molecule has 0 aromatic heterocycles. The smallest absolute Gasteiger partial charge is 0.462 e. The van der Waals surface area contributed by atoms with E-state index in [1.165, 1.54) is 96.3 Å².